The molecule has 0 unspecified atom stereocenters. The zero-order valence-corrected chi connectivity index (χ0v) is 23.8. The van der Waals surface area contributed by atoms with Gasteiger partial charge in [-0.3, -0.25) is 9.59 Å². The predicted octanol–water partition coefficient (Wildman–Crippen LogP) is 8.00. The minimum atomic E-state index is -0.459. The molecule has 0 amide bonds. The van der Waals surface area contributed by atoms with Gasteiger partial charge in [-0.05, 0) is 77.6 Å². The lowest BCUT2D eigenvalue weighted by Crippen LogP contribution is -2.38. The molecule has 6 rings (SSSR count). The van der Waals surface area contributed by atoms with Gasteiger partial charge >= 0.3 is 11.9 Å². The second-order valence-corrected chi connectivity index (χ2v) is 11.1. The predicted molar refractivity (Wildman–Crippen MR) is 162 cm³/mol. The van der Waals surface area contributed by atoms with Crippen LogP contribution in [-0.4, -0.2) is 25.2 Å². The van der Waals surface area contributed by atoms with Gasteiger partial charge in [0.1, 0.15) is 0 Å². The van der Waals surface area contributed by atoms with Crippen LogP contribution in [0.1, 0.15) is 68.2 Å². The van der Waals surface area contributed by atoms with Crippen molar-refractivity contribution in [1.82, 2.24) is 0 Å². The summed E-state index contributed by atoms with van der Waals surface area (Å²) >= 11 is 0. The number of carbonyl (C=O) groups excluding carboxylic acids is 2. The summed E-state index contributed by atoms with van der Waals surface area (Å²) in [7, 11) is 0. The van der Waals surface area contributed by atoms with Crippen molar-refractivity contribution in [3.63, 3.8) is 0 Å². The van der Waals surface area contributed by atoms with Gasteiger partial charge in [0.05, 0.1) is 13.2 Å². The van der Waals surface area contributed by atoms with E-state index in [9.17, 15) is 9.59 Å². The first-order valence-corrected chi connectivity index (χ1v) is 14.7. The fraction of sp³-hybridized carbons (Fsp3) is 0.297. The number of hydrogen-bond acceptors (Lipinski definition) is 4. The van der Waals surface area contributed by atoms with E-state index in [2.05, 4.69) is 97.1 Å². The van der Waals surface area contributed by atoms with E-state index in [0.717, 1.165) is 6.42 Å². The smallest absolute Gasteiger partial charge is 0.305 e. The number of benzene rings is 4. The fourth-order valence-corrected chi connectivity index (χ4v) is 7.54. The molecule has 4 heteroatoms. The van der Waals surface area contributed by atoms with Crippen LogP contribution >= 0.6 is 0 Å². The fourth-order valence-electron chi connectivity index (χ4n) is 7.54. The molecule has 4 aromatic rings. The van der Waals surface area contributed by atoms with Gasteiger partial charge in [0.25, 0.3) is 0 Å². The summed E-state index contributed by atoms with van der Waals surface area (Å²) in [5, 5.41) is 0. The zero-order chi connectivity index (χ0) is 28.5. The molecule has 0 radical (unpaired) electrons. The minimum absolute atomic E-state index is 0.179. The first-order valence-electron chi connectivity index (χ1n) is 14.7. The molecule has 0 heterocycles. The Balaban J connectivity index is 1.58. The van der Waals surface area contributed by atoms with Crippen molar-refractivity contribution in [3.05, 3.63) is 119 Å². The van der Waals surface area contributed by atoms with Gasteiger partial charge in [-0.15, -0.1) is 0 Å². The van der Waals surface area contributed by atoms with Crippen LogP contribution in [0.3, 0.4) is 0 Å². The standard InChI is InChI=1S/C37H36O4/c1-3-40-34(38)21-23-36(30-17-9-5-13-26(30)27-14-6-10-18-31(27)36)25-37(24-22-35(39)41-4-2)32-19-11-7-15-28(32)29-16-8-12-20-33(29)37/h5-20H,3-4,21-25H2,1-2H3. The summed E-state index contributed by atoms with van der Waals surface area (Å²) in [5.74, 6) is -0.358. The number of ether oxygens (including phenoxy) is 2. The van der Waals surface area contributed by atoms with Gasteiger partial charge in [0, 0.05) is 23.7 Å². The van der Waals surface area contributed by atoms with Gasteiger partial charge in [-0.1, -0.05) is 97.1 Å². The molecule has 0 N–H and O–H groups in total. The second kappa shape index (κ2) is 11.0. The first-order chi connectivity index (χ1) is 20.0. The lowest BCUT2D eigenvalue weighted by Gasteiger charge is -2.42. The molecule has 0 fully saturated rings. The van der Waals surface area contributed by atoms with Crippen LogP contribution in [0.25, 0.3) is 22.3 Å². The molecule has 0 aromatic heterocycles. The molecule has 4 nitrogen and oxygen atoms in total. The Morgan fingerprint density at radius 2 is 0.805 bits per heavy atom. The third-order valence-electron chi connectivity index (χ3n) is 9.08. The van der Waals surface area contributed by atoms with Gasteiger partial charge in [0.15, 0.2) is 0 Å². The highest BCUT2D eigenvalue weighted by Crippen LogP contribution is 2.62. The summed E-state index contributed by atoms with van der Waals surface area (Å²) in [4.78, 5) is 25.8. The maximum atomic E-state index is 12.9. The molecule has 0 aliphatic heterocycles. The van der Waals surface area contributed by atoms with Crippen LogP contribution in [0.2, 0.25) is 0 Å². The third kappa shape index (κ3) is 4.46. The van der Waals surface area contributed by atoms with Crippen LogP contribution in [-0.2, 0) is 29.9 Å². The number of rotatable bonds is 10. The van der Waals surface area contributed by atoms with Crippen molar-refractivity contribution >= 4 is 11.9 Å². The molecule has 208 valence electrons. The SMILES string of the molecule is CCOC(=O)CCC1(CC2(CCC(=O)OCC)c3ccccc3-c3ccccc32)c2ccccc2-c2ccccc21. The maximum Gasteiger partial charge on any atom is 0.305 e. The van der Waals surface area contributed by atoms with E-state index in [-0.39, 0.29) is 11.9 Å². The third-order valence-corrected chi connectivity index (χ3v) is 9.08. The molecule has 4 aromatic carbocycles. The molecular formula is C37H36O4. The summed E-state index contributed by atoms with van der Waals surface area (Å²) < 4.78 is 10.9. The Bertz CT molecular complexity index is 1390. The largest absolute Gasteiger partial charge is 0.466 e. The maximum absolute atomic E-state index is 12.9. The van der Waals surface area contributed by atoms with Crippen LogP contribution in [0.5, 0.6) is 0 Å². The number of carbonyl (C=O) groups is 2. The van der Waals surface area contributed by atoms with E-state index in [1.165, 1.54) is 44.5 Å². The highest BCUT2D eigenvalue weighted by atomic mass is 16.5. The molecule has 2 aliphatic rings. The van der Waals surface area contributed by atoms with Gasteiger partial charge < -0.3 is 9.47 Å². The van der Waals surface area contributed by atoms with Crippen LogP contribution in [0.4, 0.5) is 0 Å². The van der Waals surface area contributed by atoms with Crippen molar-refractivity contribution in [2.75, 3.05) is 13.2 Å². The zero-order valence-electron chi connectivity index (χ0n) is 23.8. The highest BCUT2D eigenvalue weighted by Gasteiger charge is 2.52. The molecule has 0 bridgehead atoms. The molecule has 0 atom stereocenters. The topological polar surface area (TPSA) is 52.6 Å². The first kappa shape index (κ1) is 27.0. The Hall–Kier alpha value is -4.18. The van der Waals surface area contributed by atoms with Gasteiger partial charge in [-0.2, -0.15) is 0 Å². The number of fused-ring (bicyclic) bond motifs is 6. The average molecular weight is 545 g/mol. The Kier molecular flexibility index (Phi) is 7.25. The van der Waals surface area contributed by atoms with E-state index in [1.54, 1.807) is 0 Å². The number of hydrogen-bond donors (Lipinski definition) is 0. The molecule has 0 saturated carbocycles. The van der Waals surface area contributed by atoms with Gasteiger partial charge in [0.2, 0.25) is 0 Å². The van der Waals surface area contributed by atoms with Crippen molar-refractivity contribution < 1.29 is 19.1 Å². The van der Waals surface area contributed by atoms with Crippen molar-refractivity contribution in [3.8, 4) is 22.3 Å². The van der Waals surface area contributed by atoms with Crippen LogP contribution in [0, 0.1) is 0 Å². The van der Waals surface area contributed by atoms with Crippen molar-refractivity contribution in [1.29, 1.82) is 0 Å². The average Bonchev–Trinajstić information content (AvgIpc) is 3.44. The van der Waals surface area contributed by atoms with E-state index in [4.69, 9.17) is 9.47 Å². The van der Waals surface area contributed by atoms with Crippen molar-refractivity contribution in [2.45, 2.75) is 56.8 Å². The Morgan fingerprint density at radius 1 is 0.512 bits per heavy atom. The molecule has 0 saturated heterocycles. The normalized spacial score (nSPS) is 14.9. The van der Waals surface area contributed by atoms with Crippen LogP contribution < -0.4 is 0 Å². The van der Waals surface area contributed by atoms with Crippen molar-refractivity contribution in [2.24, 2.45) is 0 Å². The minimum Gasteiger partial charge on any atom is -0.466 e. The quantitative estimate of drug-likeness (QED) is 0.190. The van der Waals surface area contributed by atoms with E-state index >= 15 is 0 Å². The summed E-state index contributed by atoms with van der Waals surface area (Å²) in [6.45, 7) is 4.43. The highest BCUT2D eigenvalue weighted by molar-refractivity contribution is 5.85. The van der Waals surface area contributed by atoms with E-state index in [0.29, 0.717) is 38.9 Å². The summed E-state index contributed by atoms with van der Waals surface area (Å²) in [6.07, 6.45) is 2.58. The summed E-state index contributed by atoms with van der Waals surface area (Å²) in [6, 6.07) is 34.5. The molecule has 2 aliphatic carbocycles. The van der Waals surface area contributed by atoms with Crippen LogP contribution in [0.15, 0.2) is 97.1 Å². The van der Waals surface area contributed by atoms with E-state index in [1.807, 2.05) is 13.8 Å². The molecule has 41 heavy (non-hydrogen) atoms. The number of esters is 2. The molecular weight excluding hydrogens is 508 g/mol. The lowest BCUT2D eigenvalue weighted by molar-refractivity contribution is -0.144. The lowest BCUT2D eigenvalue weighted by atomic mass is 9.60. The Labute approximate surface area is 242 Å². The van der Waals surface area contributed by atoms with E-state index < -0.39 is 10.8 Å². The molecule has 0 spiro atoms. The Morgan fingerprint density at radius 3 is 1.10 bits per heavy atom. The second-order valence-electron chi connectivity index (χ2n) is 11.1. The van der Waals surface area contributed by atoms with Gasteiger partial charge in [-0.25, -0.2) is 0 Å². The monoisotopic (exact) mass is 544 g/mol. The summed E-state index contributed by atoms with van der Waals surface area (Å²) in [5.41, 5.74) is 8.90.